The maximum atomic E-state index is 12.5. The highest BCUT2D eigenvalue weighted by Gasteiger charge is 2.15. The summed E-state index contributed by atoms with van der Waals surface area (Å²) in [5, 5.41) is 3.44. The zero-order valence-electron chi connectivity index (χ0n) is 14.2. The van der Waals surface area contributed by atoms with E-state index in [4.69, 9.17) is 37.5 Å². The zero-order valence-corrected chi connectivity index (χ0v) is 15.7. The molecule has 0 saturated carbocycles. The number of benzene rings is 1. The molecule has 0 radical (unpaired) electrons. The van der Waals surface area contributed by atoms with Crippen molar-refractivity contribution in [3.63, 3.8) is 0 Å². The first kappa shape index (κ1) is 20.6. The summed E-state index contributed by atoms with van der Waals surface area (Å²) in [4.78, 5) is 5.10. The fourth-order valence-electron chi connectivity index (χ4n) is 1.81. The van der Waals surface area contributed by atoms with E-state index in [0.29, 0.717) is 29.7 Å². The van der Waals surface area contributed by atoms with Gasteiger partial charge in [0.2, 0.25) is 0 Å². The molecule has 0 amide bonds. The fraction of sp³-hybridized carbons (Fsp3) is 0.471. The first-order valence-corrected chi connectivity index (χ1v) is 8.30. The van der Waals surface area contributed by atoms with Gasteiger partial charge in [-0.1, -0.05) is 42.2 Å². The SMILES string of the molecule is CC(C)=NOCCOc1c(Cl)cc(OC/C=C(\F)Cl)cc1C(C)C. The van der Waals surface area contributed by atoms with E-state index in [1.807, 2.05) is 33.8 Å². The summed E-state index contributed by atoms with van der Waals surface area (Å²) < 4.78 is 23.7. The summed E-state index contributed by atoms with van der Waals surface area (Å²) >= 11 is 11.4. The van der Waals surface area contributed by atoms with Gasteiger partial charge in [0, 0.05) is 17.7 Å². The van der Waals surface area contributed by atoms with Gasteiger partial charge in [-0.2, -0.15) is 4.39 Å². The Kier molecular flexibility index (Phi) is 8.93. The number of nitrogens with zero attached hydrogens (tertiary/aromatic N) is 1. The minimum atomic E-state index is -0.810. The molecule has 134 valence electrons. The van der Waals surface area contributed by atoms with Crippen LogP contribution in [0.5, 0.6) is 11.5 Å². The lowest BCUT2D eigenvalue weighted by Crippen LogP contribution is -2.08. The second kappa shape index (κ2) is 10.4. The molecule has 0 aromatic heterocycles. The van der Waals surface area contributed by atoms with Gasteiger partial charge in [0.15, 0.2) is 11.9 Å². The summed E-state index contributed by atoms with van der Waals surface area (Å²) in [7, 11) is 0. The van der Waals surface area contributed by atoms with Crippen LogP contribution in [0.25, 0.3) is 0 Å². The van der Waals surface area contributed by atoms with Gasteiger partial charge in [-0.15, -0.1) is 0 Å². The highest BCUT2D eigenvalue weighted by Crippen LogP contribution is 2.37. The zero-order chi connectivity index (χ0) is 18.1. The Morgan fingerprint density at radius 1 is 1.25 bits per heavy atom. The molecule has 0 aliphatic carbocycles. The molecule has 1 aromatic rings. The van der Waals surface area contributed by atoms with Gasteiger partial charge in [0.25, 0.3) is 0 Å². The van der Waals surface area contributed by atoms with Gasteiger partial charge in [0.1, 0.15) is 24.7 Å². The van der Waals surface area contributed by atoms with E-state index < -0.39 is 5.29 Å². The standard InChI is InChI=1S/C17H22Cl2FNO3/c1-11(2)14-9-13(22-6-5-16(19)20)10-15(18)17(14)23-7-8-24-21-12(3)4/h5,9-11H,6-8H2,1-4H3/b16-5-. The molecule has 0 spiro atoms. The molecule has 0 fully saturated rings. The normalized spacial score (nSPS) is 11.4. The van der Waals surface area contributed by atoms with E-state index in [0.717, 1.165) is 17.4 Å². The molecule has 0 unspecified atom stereocenters. The van der Waals surface area contributed by atoms with Crippen LogP contribution in [0.15, 0.2) is 28.7 Å². The molecule has 0 saturated heterocycles. The maximum absolute atomic E-state index is 12.5. The van der Waals surface area contributed by atoms with Gasteiger partial charge in [0.05, 0.1) is 10.7 Å². The fourth-order valence-corrected chi connectivity index (χ4v) is 2.14. The molecule has 0 atom stereocenters. The third-order valence-corrected chi connectivity index (χ3v) is 3.26. The Bertz CT molecular complexity index is 596. The largest absolute Gasteiger partial charge is 0.489 e. The predicted molar refractivity (Wildman–Crippen MR) is 96.3 cm³/mol. The lowest BCUT2D eigenvalue weighted by molar-refractivity contribution is 0.106. The average molecular weight is 378 g/mol. The number of hydrogen-bond donors (Lipinski definition) is 0. The molecule has 0 N–H and O–H groups in total. The second-order valence-electron chi connectivity index (χ2n) is 5.50. The number of halogens is 3. The summed E-state index contributed by atoms with van der Waals surface area (Å²) in [6.07, 6.45) is 1.13. The van der Waals surface area contributed by atoms with Crippen LogP contribution in [-0.4, -0.2) is 25.5 Å². The molecule has 1 rings (SSSR count). The molecule has 7 heteroatoms. The van der Waals surface area contributed by atoms with Crippen molar-refractivity contribution in [3.05, 3.63) is 34.1 Å². The molecule has 0 bridgehead atoms. The summed E-state index contributed by atoms with van der Waals surface area (Å²) in [6.45, 7) is 8.38. The van der Waals surface area contributed by atoms with Crippen molar-refractivity contribution in [1.29, 1.82) is 0 Å². The van der Waals surface area contributed by atoms with Gasteiger partial charge < -0.3 is 14.3 Å². The minimum Gasteiger partial charge on any atom is -0.489 e. The lowest BCUT2D eigenvalue weighted by Gasteiger charge is -2.17. The number of oxime groups is 1. The molecular formula is C17H22Cl2FNO3. The van der Waals surface area contributed by atoms with Crippen LogP contribution < -0.4 is 9.47 Å². The van der Waals surface area contributed by atoms with Gasteiger partial charge in [-0.3, -0.25) is 0 Å². The molecule has 1 aromatic carbocycles. The maximum Gasteiger partial charge on any atom is 0.188 e. The van der Waals surface area contributed by atoms with Gasteiger partial charge in [-0.25, -0.2) is 0 Å². The van der Waals surface area contributed by atoms with Crippen molar-refractivity contribution >= 4 is 28.9 Å². The Morgan fingerprint density at radius 3 is 2.54 bits per heavy atom. The predicted octanol–water partition coefficient (Wildman–Crippen LogP) is 5.68. The molecule has 0 aliphatic heterocycles. The van der Waals surface area contributed by atoms with E-state index in [9.17, 15) is 4.39 Å². The lowest BCUT2D eigenvalue weighted by atomic mass is 10.0. The van der Waals surface area contributed by atoms with Crippen molar-refractivity contribution in [3.8, 4) is 11.5 Å². The number of rotatable bonds is 9. The smallest absolute Gasteiger partial charge is 0.188 e. The first-order chi connectivity index (χ1) is 11.3. The van der Waals surface area contributed by atoms with Crippen LogP contribution in [0.4, 0.5) is 4.39 Å². The van der Waals surface area contributed by atoms with E-state index in [2.05, 4.69) is 5.16 Å². The summed E-state index contributed by atoms with van der Waals surface area (Å²) in [5.41, 5.74) is 1.72. The summed E-state index contributed by atoms with van der Waals surface area (Å²) in [5.74, 6) is 1.27. The molecule has 24 heavy (non-hydrogen) atoms. The Balaban J connectivity index is 2.80. The topological polar surface area (TPSA) is 40.0 Å². The van der Waals surface area contributed by atoms with Crippen molar-refractivity contribution in [2.75, 3.05) is 19.8 Å². The number of hydrogen-bond acceptors (Lipinski definition) is 4. The van der Waals surface area contributed by atoms with Crippen LogP contribution in [-0.2, 0) is 4.84 Å². The van der Waals surface area contributed by atoms with Crippen LogP contribution in [0.1, 0.15) is 39.2 Å². The molecule has 0 aliphatic rings. The van der Waals surface area contributed by atoms with Crippen LogP contribution >= 0.6 is 23.2 Å². The highest BCUT2D eigenvalue weighted by atomic mass is 35.5. The van der Waals surface area contributed by atoms with Crippen LogP contribution in [0.2, 0.25) is 5.02 Å². The van der Waals surface area contributed by atoms with E-state index in [1.165, 1.54) is 0 Å². The van der Waals surface area contributed by atoms with Crippen molar-refractivity contribution in [2.45, 2.75) is 33.6 Å². The number of ether oxygens (including phenoxy) is 2. The third kappa shape index (κ3) is 7.41. The van der Waals surface area contributed by atoms with Crippen molar-refractivity contribution < 1.29 is 18.7 Å². The van der Waals surface area contributed by atoms with Gasteiger partial charge >= 0.3 is 0 Å². The third-order valence-electron chi connectivity index (χ3n) is 2.82. The highest BCUT2D eigenvalue weighted by molar-refractivity contribution is 6.32. The van der Waals surface area contributed by atoms with Gasteiger partial charge in [-0.05, 0) is 25.8 Å². The van der Waals surface area contributed by atoms with E-state index >= 15 is 0 Å². The Morgan fingerprint density at radius 2 is 1.96 bits per heavy atom. The monoisotopic (exact) mass is 377 g/mol. The average Bonchev–Trinajstić information content (AvgIpc) is 2.47. The van der Waals surface area contributed by atoms with Crippen molar-refractivity contribution in [2.24, 2.45) is 5.16 Å². The van der Waals surface area contributed by atoms with E-state index in [1.54, 1.807) is 6.07 Å². The summed E-state index contributed by atoms with van der Waals surface area (Å²) in [6, 6.07) is 3.44. The first-order valence-electron chi connectivity index (χ1n) is 7.54. The quantitative estimate of drug-likeness (QED) is 0.315. The molecule has 0 heterocycles. The minimum absolute atomic E-state index is 0.0195. The van der Waals surface area contributed by atoms with Crippen LogP contribution in [0.3, 0.4) is 0 Å². The second-order valence-corrected chi connectivity index (χ2v) is 6.27. The molecule has 4 nitrogen and oxygen atoms in total. The Hall–Kier alpha value is -1.46. The molecular weight excluding hydrogens is 356 g/mol. The van der Waals surface area contributed by atoms with E-state index in [-0.39, 0.29) is 12.5 Å². The van der Waals surface area contributed by atoms with Crippen molar-refractivity contribution in [1.82, 2.24) is 0 Å². The Labute approximate surface area is 152 Å². The van der Waals surface area contributed by atoms with Crippen LogP contribution in [0, 0.1) is 0 Å².